The molecule has 2 fully saturated rings. The Balaban J connectivity index is 1.39. The second-order valence-corrected chi connectivity index (χ2v) is 9.35. The number of nitrogens with one attached hydrogen (secondary N) is 1. The molecule has 1 N–H and O–H groups in total. The molecule has 0 bridgehead atoms. The van der Waals surface area contributed by atoms with E-state index in [9.17, 15) is 22.0 Å². The van der Waals surface area contributed by atoms with Gasteiger partial charge in [-0.05, 0) is 30.2 Å². The van der Waals surface area contributed by atoms with Crippen LogP contribution in [0, 0.1) is 0 Å². The average molecular weight is 539 g/mol. The van der Waals surface area contributed by atoms with E-state index in [4.69, 9.17) is 10.8 Å². The highest BCUT2D eigenvalue weighted by atomic mass is 19.4. The molecule has 202 valence electrons. The Kier molecular flexibility index (Phi) is 5.58. The summed E-state index contributed by atoms with van der Waals surface area (Å²) in [5.74, 6) is -3.09. The maximum absolute atomic E-state index is 15.0. The number of aromatic nitrogens is 6. The Labute approximate surface area is 213 Å². The van der Waals surface area contributed by atoms with Gasteiger partial charge in [0.1, 0.15) is 23.6 Å². The standard InChI is InChI=1S/C23H23F5N8O2/c1-37-20-19-15(13-2-3-16-17(8-13)36(33-31-16)12-23(26,27)28)4-7-35(19)32-21(30-20)29-18-5-6-34(11-22(18,24)25)14-9-38-10-14/h2-4,7-8,14,18H,5-6,9-12H2,1H3,(H,29,32)/t18-/m1/s1/i7D. The van der Waals surface area contributed by atoms with Crippen molar-refractivity contribution in [3.63, 3.8) is 0 Å². The zero-order chi connectivity index (χ0) is 27.5. The summed E-state index contributed by atoms with van der Waals surface area (Å²) in [6.45, 7) is -0.422. The Hall–Kier alpha value is -3.59. The fourth-order valence-corrected chi connectivity index (χ4v) is 4.80. The van der Waals surface area contributed by atoms with E-state index in [0.29, 0.717) is 36.4 Å². The van der Waals surface area contributed by atoms with Crippen LogP contribution < -0.4 is 10.4 Å². The van der Waals surface area contributed by atoms with Crippen LogP contribution in [0.5, 0.6) is 5.88 Å². The third kappa shape index (κ3) is 4.49. The maximum atomic E-state index is 15.0. The van der Waals surface area contributed by atoms with E-state index < -0.39 is 31.2 Å². The lowest BCUT2D eigenvalue weighted by molar-refractivity contribution is -0.142. The largest absolute Gasteiger partial charge is 0.479 e. The molecule has 38 heavy (non-hydrogen) atoms. The summed E-state index contributed by atoms with van der Waals surface area (Å²) >= 11 is 0. The van der Waals surface area contributed by atoms with Gasteiger partial charge in [-0.3, -0.25) is 14.5 Å². The summed E-state index contributed by atoms with van der Waals surface area (Å²) in [6, 6.07) is 4.76. The second kappa shape index (κ2) is 9.01. The number of benzene rings is 1. The van der Waals surface area contributed by atoms with Gasteiger partial charge in [-0.25, -0.2) is 18.5 Å². The van der Waals surface area contributed by atoms with E-state index in [0.717, 1.165) is 4.68 Å². The van der Waals surface area contributed by atoms with Gasteiger partial charge >= 0.3 is 6.18 Å². The van der Waals surface area contributed by atoms with Crippen LogP contribution in [-0.2, 0) is 11.3 Å². The van der Waals surface area contributed by atoms with Gasteiger partial charge in [-0.2, -0.15) is 18.2 Å². The summed E-state index contributed by atoms with van der Waals surface area (Å²) in [4.78, 5) is 10.2. The molecule has 2 aliphatic heterocycles. The zero-order valence-corrected chi connectivity index (χ0v) is 20.0. The van der Waals surface area contributed by atoms with E-state index >= 15 is 0 Å². The molecule has 0 amide bonds. The number of hydrogen-bond donors (Lipinski definition) is 1. The zero-order valence-electron chi connectivity index (χ0n) is 21.0. The van der Waals surface area contributed by atoms with E-state index in [1.54, 1.807) is 11.0 Å². The van der Waals surface area contributed by atoms with Crippen molar-refractivity contribution in [1.82, 2.24) is 34.5 Å². The Morgan fingerprint density at radius 3 is 2.79 bits per heavy atom. The Bertz CT molecular complexity index is 1610. The molecule has 1 atom stereocenters. The van der Waals surface area contributed by atoms with Gasteiger partial charge in [0.25, 0.3) is 5.92 Å². The predicted octanol–water partition coefficient (Wildman–Crippen LogP) is 2.65. The number of likely N-dealkylation sites (tertiary alicyclic amines) is 1. The number of hydrogen-bond acceptors (Lipinski definition) is 7. The molecule has 5 heterocycles. The summed E-state index contributed by atoms with van der Waals surface area (Å²) in [5.41, 5.74) is 1.47. The van der Waals surface area contributed by atoms with Crippen LogP contribution in [0.1, 0.15) is 7.79 Å². The molecule has 0 radical (unpaired) electrons. The topological polar surface area (TPSA) is 97.9 Å². The highest BCUT2D eigenvalue weighted by Gasteiger charge is 2.47. The van der Waals surface area contributed by atoms with Gasteiger partial charge in [0.15, 0.2) is 0 Å². The molecule has 1 aromatic carbocycles. The van der Waals surface area contributed by atoms with Crippen LogP contribution >= 0.6 is 0 Å². The number of rotatable bonds is 5. The number of fused-ring (bicyclic) bond motifs is 2. The molecule has 2 aliphatic rings. The van der Waals surface area contributed by atoms with E-state index in [1.165, 1.54) is 29.8 Å². The number of piperidine rings is 1. The lowest BCUT2D eigenvalue weighted by Crippen LogP contribution is -2.59. The predicted molar refractivity (Wildman–Crippen MR) is 124 cm³/mol. The molecular weight excluding hydrogens is 515 g/mol. The van der Waals surface area contributed by atoms with Crippen molar-refractivity contribution in [3.8, 4) is 17.0 Å². The molecule has 15 heteroatoms. The molecule has 4 aromatic rings. The van der Waals surface area contributed by atoms with E-state index in [-0.39, 0.29) is 41.2 Å². The first-order valence-corrected chi connectivity index (χ1v) is 11.8. The summed E-state index contributed by atoms with van der Waals surface area (Å²) < 4.78 is 90.0. The minimum Gasteiger partial charge on any atom is -0.479 e. The van der Waals surface area contributed by atoms with Crippen LogP contribution in [0.15, 0.2) is 35.4 Å². The maximum Gasteiger partial charge on any atom is 0.408 e. The van der Waals surface area contributed by atoms with Crippen molar-refractivity contribution < 1.29 is 32.8 Å². The van der Waals surface area contributed by atoms with Gasteiger partial charge in [0.2, 0.25) is 11.5 Å². The first-order valence-electron chi connectivity index (χ1n) is 12.3. The molecular formula is C23H23F5N8O2. The van der Waals surface area contributed by atoms with Crippen molar-refractivity contribution in [2.75, 3.05) is 33.4 Å². The van der Waals surface area contributed by atoms with Crippen LogP contribution in [0.2, 0.25) is 0 Å². The molecule has 6 rings (SSSR count). The minimum atomic E-state index is -4.49. The van der Waals surface area contributed by atoms with Crippen molar-refractivity contribution in [3.05, 3.63) is 36.1 Å². The van der Waals surface area contributed by atoms with Crippen molar-refractivity contribution in [2.24, 2.45) is 4.99 Å². The normalized spacial score (nSPS) is 21.7. The summed E-state index contributed by atoms with van der Waals surface area (Å²) in [6.07, 6.45) is -4.44. The SMILES string of the molecule is [2H]c1cc(-c2ccc3nnn(CC(F)(F)F)c3c2)c2c(OC)nc(=N[C@@H]3CCN(C4COC4)CC3(F)F)[nH]n12. The van der Waals surface area contributed by atoms with Crippen molar-refractivity contribution in [2.45, 2.75) is 37.1 Å². The molecule has 0 unspecified atom stereocenters. The van der Waals surface area contributed by atoms with Crippen LogP contribution in [-0.4, -0.2) is 92.1 Å². The minimum absolute atomic E-state index is 0.00962. The highest BCUT2D eigenvalue weighted by Crippen LogP contribution is 2.33. The lowest BCUT2D eigenvalue weighted by Gasteiger charge is -2.43. The van der Waals surface area contributed by atoms with Gasteiger partial charge in [0, 0.05) is 18.3 Å². The third-order valence-corrected chi connectivity index (χ3v) is 6.79. The lowest BCUT2D eigenvalue weighted by atomic mass is 9.99. The fraction of sp³-hybridized carbons (Fsp3) is 0.478. The quantitative estimate of drug-likeness (QED) is 0.392. The molecule has 2 saturated heterocycles. The van der Waals surface area contributed by atoms with Gasteiger partial charge in [0.05, 0.1) is 39.8 Å². The monoisotopic (exact) mass is 539 g/mol. The van der Waals surface area contributed by atoms with Crippen LogP contribution in [0.3, 0.4) is 0 Å². The Morgan fingerprint density at radius 1 is 1.29 bits per heavy atom. The number of aromatic amines is 1. The van der Waals surface area contributed by atoms with E-state index in [2.05, 4.69) is 25.4 Å². The summed E-state index contributed by atoms with van der Waals surface area (Å²) in [5, 5.41) is 10.2. The van der Waals surface area contributed by atoms with Gasteiger partial charge in [-0.1, -0.05) is 11.3 Å². The van der Waals surface area contributed by atoms with Crippen LogP contribution in [0.4, 0.5) is 22.0 Å². The molecule has 10 nitrogen and oxygen atoms in total. The number of nitrogens with zero attached hydrogens (tertiary/aromatic N) is 7. The van der Waals surface area contributed by atoms with Gasteiger partial charge < -0.3 is 9.47 Å². The molecule has 3 aromatic heterocycles. The van der Waals surface area contributed by atoms with E-state index in [1.807, 2.05) is 0 Å². The van der Waals surface area contributed by atoms with Crippen LogP contribution in [0.25, 0.3) is 27.7 Å². The number of halogens is 5. The third-order valence-electron chi connectivity index (χ3n) is 6.79. The molecule has 0 aliphatic carbocycles. The smallest absolute Gasteiger partial charge is 0.408 e. The Morgan fingerprint density at radius 2 is 2.11 bits per heavy atom. The number of methoxy groups -OCH3 is 1. The first-order chi connectivity index (χ1) is 18.5. The average Bonchev–Trinajstić information content (AvgIpc) is 3.38. The number of alkyl halides is 5. The fourth-order valence-electron chi connectivity index (χ4n) is 4.80. The number of ether oxygens (including phenoxy) is 2. The number of H-pyrrole nitrogens is 1. The second-order valence-electron chi connectivity index (χ2n) is 9.35. The molecule has 0 spiro atoms. The van der Waals surface area contributed by atoms with Gasteiger partial charge in [-0.15, -0.1) is 5.10 Å². The van der Waals surface area contributed by atoms with Crippen molar-refractivity contribution in [1.29, 1.82) is 0 Å². The molecule has 0 saturated carbocycles. The summed E-state index contributed by atoms with van der Waals surface area (Å²) in [7, 11) is 1.34. The van der Waals surface area contributed by atoms with Crippen molar-refractivity contribution >= 4 is 16.6 Å². The highest BCUT2D eigenvalue weighted by molar-refractivity contribution is 5.89. The first kappa shape index (κ1) is 23.5.